The molecule has 66 valence electrons. The van der Waals surface area contributed by atoms with Crippen molar-refractivity contribution in [1.29, 1.82) is 0 Å². The molecule has 1 aromatic rings. The Balaban J connectivity index is 2.37. The second-order valence-corrected chi connectivity index (χ2v) is 1.73. The number of carbonyl (C=O) groups is 1. The molecule has 0 aromatic carbocycles. The molecule has 7 heteroatoms. The van der Waals surface area contributed by atoms with E-state index in [-0.39, 0.29) is 0 Å². The highest BCUT2D eigenvalue weighted by Gasteiger charge is 2.09. The van der Waals surface area contributed by atoms with Gasteiger partial charge in [-0.25, -0.2) is 4.79 Å². The van der Waals surface area contributed by atoms with Crippen molar-refractivity contribution >= 4 is 6.09 Å². The number of alkyl halides is 2. The number of nitrogens with zero attached hydrogens (tertiary/aromatic N) is 2. The van der Waals surface area contributed by atoms with Gasteiger partial charge in [0.05, 0.1) is 12.4 Å². The van der Waals surface area contributed by atoms with Crippen LogP contribution in [0.25, 0.3) is 0 Å². The lowest BCUT2D eigenvalue weighted by molar-refractivity contribution is 0.0689. The van der Waals surface area contributed by atoms with E-state index < -0.39 is 12.6 Å². The first-order chi connectivity index (χ1) is 5.68. The smallest absolute Gasteiger partial charge is 0.299 e. The van der Waals surface area contributed by atoms with Gasteiger partial charge in [-0.1, -0.05) is 4.85 Å². The molecule has 0 aliphatic heterocycles. The van der Waals surface area contributed by atoms with Crippen molar-refractivity contribution in [3.63, 3.8) is 0 Å². The Morgan fingerprint density at radius 3 is 2.92 bits per heavy atom. The second kappa shape index (κ2) is 3.65. The highest BCUT2D eigenvalue weighted by molar-refractivity contribution is 5.67. The van der Waals surface area contributed by atoms with Crippen LogP contribution in [0.2, 0.25) is 0 Å². The molecule has 1 heterocycles. The van der Waals surface area contributed by atoms with E-state index in [1.54, 1.807) is 0 Å². The van der Waals surface area contributed by atoms with Gasteiger partial charge in [-0.2, -0.15) is 8.78 Å². The topological polar surface area (TPSA) is 56.1 Å². The van der Waals surface area contributed by atoms with Crippen molar-refractivity contribution in [1.82, 2.24) is 15.3 Å². The molecule has 0 saturated carbocycles. The van der Waals surface area contributed by atoms with Gasteiger partial charge in [0.25, 0.3) is 0 Å². The molecule has 0 spiro atoms. The van der Waals surface area contributed by atoms with Crippen LogP contribution in [-0.4, -0.2) is 22.6 Å². The minimum atomic E-state index is -2.94. The third-order valence-corrected chi connectivity index (χ3v) is 0.884. The minimum Gasteiger partial charge on any atom is -0.299 e. The summed E-state index contributed by atoms with van der Waals surface area (Å²) >= 11 is 0. The highest BCUT2D eigenvalue weighted by Crippen LogP contribution is 1.86. The molecule has 0 bridgehead atoms. The molecule has 12 heavy (non-hydrogen) atoms. The van der Waals surface area contributed by atoms with Gasteiger partial charge in [0.2, 0.25) is 0 Å². The summed E-state index contributed by atoms with van der Waals surface area (Å²) in [5.74, 6) is 0. The lowest BCUT2D eigenvalue weighted by Gasteiger charge is -2.02. The fourth-order valence-corrected chi connectivity index (χ4v) is 0.509. The number of halogens is 2. The van der Waals surface area contributed by atoms with E-state index in [1.165, 1.54) is 23.8 Å². The Morgan fingerprint density at radius 1 is 1.67 bits per heavy atom. The van der Waals surface area contributed by atoms with Crippen LogP contribution in [-0.2, 0) is 0 Å². The van der Waals surface area contributed by atoms with Crippen molar-refractivity contribution in [2.24, 2.45) is 0 Å². The molecule has 1 amide bonds. The predicted molar refractivity (Wildman–Crippen MR) is 33.3 cm³/mol. The summed E-state index contributed by atoms with van der Waals surface area (Å²) in [6.07, 6.45) is 1.38. The van der Waals surface area contributed by atoms with Crippen LogP contribution < -0.4 is 10.2 Å². The summed E-state index contributed by atoms with van der Waals surface area (Å²) in [7, 11) is 0. The van der Waals surface area contributed by atoms with E-state index in [2.05, 4.69) is 9.94 Å². The Labute approximate surface area is 65.9 Å². The zero-order valence-corrected chi connectivity index (χ0v) is 5.78. The minimum absolute atomic E-state index is 0.762. The first-order valence-electron chi connectivity index (χ1n) is 2.95. The van der Waals surface area contributed by atoms with Crippen molar-refractivity contribution in [2.45, 2.75) is 6.55 Å². The fourth-order valence-electron chi connectivity index (χ4n) is 0.509. The van der Waals surface area contributed by atoms with Gasteiger partial charge in [0.1, 0.15) is 0 Å². The van der Waals surface area contributed by atoms with E-state index in [0.29, 0.717) is 0 Å². The zero-order chi connectivity index (χ0) is 8.97. The molecular formula is C5H5F2N3O2. The maximum absolute atomic E-state index is 11.5. The first-order valence-corrected chi connectivity index (χ1v) is 2.95. The Hall–Kier alpha value is -1.66. The van der Waals surface area contributed by atoms with Gasteiger partial charge < -0.3 is 0 Å². The van der Waals surface area contributed by atoms with Crippen LogP contribution in [0.15, 0.2) is 18.5 Å². The van der Waals surface area contributed by atoms with E-state index in [0.717, 1.165) is 4.85 Å². The average molecular weight is 177 g/mol. The third kappa shape index (κ3) is 2.52. The summed E-state index contributed by atoms with van der Waals surface area (Å²) < 4.78 is 22.9. The lowest BCUT2D eigenvalue weighted by Crippen LogP contribution is -2.35. The third-order valence-electron chi connectivity index (χ3n) is 0.884. The summed E-state index contributed by atoms with van der Waals surface area (Å²) in [6.45, 7) is -2.94. The largest absolute Gasteiger partial charge is 0.437 e. The molecule has 5 nitrogen and oxygen atoms in total. The number of carbonyl (C=O) groups excluding carboxylic acids is 1. The molecule has 0 saturated heterocycles. The molecule has 0 atom stereocenters. The number of aromatic nitrogens is 2. The number of hydrogen-bond acceptors (Lipinski definition) is 3. The first kappa shape index (κ1) is 8.44. The quantitative estimate of drug-likeness (QED) is 0.658. The molecule has 0 aliphatic carbocycles. The number of amides is 1. The molecule has 1 rings (SSSR count). The van der Waals surface area contributed by atoms with Crippen LogP contribution in [0, 0.1) is 0 Å². The number of nitrogens with one attached hydrogen (secondary N) is 1. The Kier molecular flexibility index (Phi) is 2.57. The van der Waals surface area contributed by atoms with Gasteiger partial charge in [-0.15, -0.1) is 5.10 Å². The zero-order valence-electron chi connectivity index (χ0n) is 5.78. The van der Waals surface area contributed by atoms with Crippen LogP contribution in [0.1, 0.15) is 0 Å². The molecule has 1 N–H and O–H groups in total. The maximum atomic E-state index is 11.5. The summed E-state index contributed by atoms with van der Waals surface area (Å²) in [6, 6.07) is 1.48. The van der Waals surface area contributed by atoms with Crippen LogP contribution >= 0.6 is 0 Å². The molecule has 0 fully saturated rings. The van der Waals surface area contributed by atoms with E-state index in [4.69, 9.17) is 0 Å². The fraction of sp³-hybridized carbons (Fsp3) is 0.200. The number of rotatable bonds is 2. The van der Waals surface area contributed by atoms with E-state index >= 15 is 0 Å². The van der Waals surface area contributed by atoms with Gasteiger partial charge in [-0.3, -0.25) is 10.2 Å². The molecular weight excluding hydrogens is 172 g/mol. The second-order valence-electron chi connectivity index (χ2n) is 1.73. The van der Waals surface area contributed by atoms with Gasteiger partial charge in [0, 0.05) is 0 Å². The Morgan fingerprint density at radius 2 is 2.42 bits per heavy atom. The van der Waals surface area contributed by atoms with Crippen LogP contribution in [0.3, 0.4) is 0 Å². The molecule has 0 aliphatic rings. The van der Waals surface area contributed by atoms with Crippen molar-refractivity contribution < 1.29 is 18.4 Å². The van der Waals surface area contributed by atoms with Gasteiger partial charge in [0.15, 0.2) is 0 Å². The maximum Gasteiger partial charge on any atom is 0.437 e. The molecule has 0 unspecified atom stereocenters. The SMILES string of the molecule is O=C(NC(F)F)On1cccn1. The van der Waals surface area contributed by atoms with Crippen molar-refractivity contribution in [3.8, 4) is 0 Å². The van der Waals surface area contributed by atoms with Crippen molar-refractivity contribution in [2.75, 3.05) is 0 Å². The highest BCUT2D eigenvalue weighted by atomic mass is 19.3. The van der Waals surface area contributed by atoms with Crippen molar-refractivity contribution in [3.05, 3.63) is 18.5 Å². The van der Waals surface area contributed by atoms with Crippen LogP contribution in [0.5, 0.6) is 0 Å². The molecule has 0 radical (unpaired) electrons. The predicted octanol–water partition coefficient (Wildman–Crippen LogP) is 0.244. The average Bonchev–Trinajstić information content (AvgIpc) is 2.37. The van der Waals surface area contributed by atoms with Gasteiger partial charge >= 0.3 is 12.6 Å². The Bertz CT molecular complexity index is 249. The summed E-state index contributed by atoms with van der Waals surface area (Å²) in [5, 5.41) is 4.68. The van der Waals surface area contributed by atoms with Crippen LogP contribution in [0.4, 0.5) is 13.6 Å². The number of hydrogen-bond donors (Lipinski definition) is 1. The normalized spacial score (nSPS) is 9.92. The monoisotopic (exact) mass is 177 g/mol. The lowest BCUT2D eigenvalue weighted by atomic mass is 10.8. The summed E-state index contributed by atoms with van der Waals surface area (Å²) in [4.78, 5) is 15.4. The summed E-state index contributed by atoms with van der Waals surface area (Å²) in [5.41, 5.74) is 0. The van der Waals surface area contributed by atoms with Gasteiger partial charge in [-0.05, 0) is 6.07 Å². The molecule has 1 aromatic heterocycles. The van der Waals surface area contributed by atoms with E-state index in [1.807, 2.05) is 0 Å². The standard InChI is InChI=1S/C5H5F2N3O2/c6-4(7)9-5(11)12-10-3-1-2-8-10/h1-4H,(H,9,11). The van der Waals surface area contributed by atoms with E-state index in [9.17, 15) is 13.6 Å².